The average Bonchev–Trinajstić information content (AvgIpc) is 3.09. The monoisotopic (exact) mass is 383 g/mol. The second kappa shape index (κ2) is 7.00. The summed E-state index contributed by atoms with van der Waals surface area (Å²) in [5.74, 6) is -0.484. The Morgan fingerprint density at radius 2 is 2.27 bits per heavy atom. The number of aromatic nitrogens is 3. The second-order valence-corrected chi connectivity index (χ2v) is 6.14. The molecule has 0 unspecified atom stereocenters. The number of benzene rings is 1. The molecular weight excluding hydrogens is 372 g/mol. The fraction of sp³-hybridized carbons (Fsp3) is 0.214. The van der Waals surface area contributed by atoms with E-state index in [2.05, 4.69) is 20.1 Å². The summed E-state index contributed by atoms with van der Waals surface area (Å²) in [5, 5.41) is 17.4. The molecule has 0 spiro atoms. The lowest BCUT2D eigenvalue weighted by Gasteiger charge is -2.03. The van der Waals surface area contributed by atoms with E-state index in [1.807, 2.05) is 0 Å². The van der Waals surface area contributed by atoms with E-state index in [1.165, 1.54) is 29.8 Å². The summed E-state index contributed by atoms with van der Waals surface area (Å²) < 4.78 is 30.6. The number of amides is 1. The standard InChI is InChI=1S/C14H11F2N5O4S/c1-7-10(21(23)24)5-17-20(7)6-12(22)19-14-18-9-3-2-8(25-13(15)16)4-11(9)26-14/h2-5,13H,6H2,1H3,(H,18,19,22). The third-order valence-electron chi connectivity index (χ3n) is 3.40. The number of nitrogens with zero attached hydrogens (tertiary/aromatic N) is 4. The number of thiazole rings is 1. The van der Waals surface area contributed by atoms with Crippen LogP contribution in [0.4, 0.5) is 19.6 Å². The first-order valence-corrected chi connectivity index (χ1v) is 7.97. The molecule has 2 heterocycles. The van der Waals surface area contributed by atoms with Crippen molar-refractivity contribution in [2.45, 2.75) is 20.1 Å². The van der Waals surface area contributed by atoms with Crippen LogP contribution in [0.25, 0.3) is 10.2 Å². The lowest BCUT2D eigenvalue weighted by Crippen LogP contribution is -2.20. The highest BCUT2D eigenvalue weighted by atomic mass is 32.1. The number of hydrogen-bond donors (Lipinski definition) is 1. The molecule has 1 N–H and O–H groups in total. The van der Waals surface area contributed by atoms with E-state index in [1.54, 1.807) is 0 Å². The summed E-state index contributed by atoms with van der Waals surface area (Å²) in [4.78, 5) is 26.5. The van der Waals surface area contributed by atoms with Gasteiger partial charge in [-0.05, 0) is 25.1 Å². The largest absolute Gasteiger partial charge is 0.435 e. The smallest absolute Gasteiger partial charge is 0.387 e. The van der Waals surface area contributed by atoms with E-state index in [-0.39, 0.29) is 28.8 Å². The summed E-state index contributed by atoms with van der Waals surface area (Å²) in [6, 6.07) is 4.25. The van der Waals surface area contributed by atoms with Gasteiger partial charge in [0, 0.05) is 0 Å². The van der Waals surface area contributed by atoms with Crippen LogP contribution in [0, 0.1) is 17.0 Å². The Bertz CT molecular complexity index is 987. The van der Waals surface area contributed by atoms with E-state index in [0.717, 1.165) is 17.5 Å². The fourth-order valence-corrected chi connectivity index (χ4v) is 3.12. The number of ether oxygens (including phenoxy) is 1. The molecule has 0 fully saturated rings. The maximum absolute atomic E-state index is 12.2. The van der Waals surface area contributed by atoms with Crippen LogP contribution in [0.5, 0.6) is 5.75 Å². The number of nitro groups is 1. The molecule has 0 saturated heterocycles. The molecule has 0 radical (unpaired) electrons. The zero-order valence-corrected chi connectivity index (χ0v) is 14.0. The summed E-state index contributed by atoms with van der Waals surface area (Å²) in [7, 11) is 0. The SMILES string of the molecule is Cc1c([N+](=O)[O-])cnn1CC(=O)Nc1nc2ccc(OC(F)F)cc2s1. The van der Waals surface area contributed by atoms with Crippen molar-refractivity contribution in [2.24, 2.45) is 0 Å². The molecule has 9 nitrogen and oxygen atoms in total. The molecule has 3 aromatic rings. The van der Waals surface area contributed by atoms with E-state index < -0.39 is 17.4 Å². The Morgan fingerprint density at radius 1 is 1.50 bits per heavy atom. The first-order chi connectivity index (χ1) is 12.3. The first kappa shape index (κ1) is 17.7. The average molecular weight is 383 g/mol. The quantitative estimate of drug-likeness (QED) is 0.517. The van der Waals surface area contributed by atoms with Crippen LogP contribution >= 0.6 is 11.3 Å². The fourth-order valence-electron chi connectivity index (χ4n) is 2.20. The normalized spacial score (nSPS) is 11.1. The summed E-state index contributed by atoms with van der Waals surface area (Å²) in [6.45, 7) is -1.67. The minimum Gasteiger partial charge on any atom is -0.435 e. The summed E-state index contributed by atoms with van der Waals surface area (Å²) in [6.07, 6.45) is 1.07. The van der Waals surface area contributed by atoms with E-state index in [0.29, 0.717) is 10.2 Å². The van der Waals surface area contributed by atoms with Gasteiger partial charge >= 0.3 is 12.3 Å². The van der Waals surface area contributed by atoms with E-state index in [9.17, 15) is 23.7 Å². The molecule has 136 valence electrons. The topological polar surface area (TPSA) is 112 Å². The van der Waals surface area contributed by atoms with Crippen molar-refractivity contribution < 1.29 is 23.2 Å². The van der Waals surface area contributed by atoms with Crippen molar-refractivity contribution in [3.63, 3.8) is 0 Å². The van der Waals surface area contributed by atoms with Gasteiger partial charge in [0.1, 0.15) is 24.2 Å². The Labute approximate surface area is 148 Å². The molecule has 0 aliphatic carbocycles. The van der Waals surface area contributed by atoms with Gasteiger partial charge in [-0.1, -0.05) is 11.3 Å². The van der Waals surface area contributed by atoms with Gasteiger partial charge in [0.2, 0.25) is 5.91 Å². The zero-order valence-electron chi connectivity index (χ0n) is 13.2. The Balaban J connectivity index is 1.72. The number of nitrogens with one attached hydrogen (secondary N) is 1. The molecule has 0 atom stereocenters. The van der Waals surface area contributed by atoms with Crippen LogP contribution in [-0.4, -0.2) is 32.2 Å². The molecule has 26 heavy (non-hydrogen) atoms. The molecule has 0 bridgehead atoms. The van der Waals surface area contributed by atoms with Crippen LogP contribution in [0.3, 0.4) is 0 Å². The van der Waals surface area contributed by atoms with Gasteiger partial charge in [0.25, 0.3) is 0 Å². The molecule has 0 aliphatic heterocycles. The number of alkyl halides is 2. The lowest BCUT2D eigenvalue weighted by molar-refractivity contribution is -0.385. The number of halogens is 2. The van der Waals surface area contributed by atoms with Gasteiger partial charge in [0.05, 0.1) is 15.1 Å². The summed E-state index contributed by atoms with van der Waals surface area (Å²) >= 11 is 1.09. The highest BCUT2D eigenvalue weighted by Crippen LogP contribution is 2.30. The predicted octanol–water partition coefficient (Wildman–Crippen LogP) is 2.95. The minimum atomic E-state index is -2.93. The van der Waals surface area contributed by atoms with Crippen molar-refractivity contribution >= 4 is 38.3 Å². The predicted molar refractivity (Wildman–Crippen MR) is 88.5 cm³/mol. The van der Waals surface area contributed by atoms with Crippen LogP contribution in [0.15, 0.2) is 24.4 Å². The van der Waals surface area contributed by atoms with Crippen LogP contribution in [0.2, 0.25) is 0 Å². The van der Waals surface area contributed by atoms with Crippen molar-refractivity contribution in [3.8, 4) is 5.75 Å². The third kappa shape index (κ3) is 3.74. The number of carbonyl (C=O) groups excluding carboxylic acids is 1. The van der Waals surface area contributed by atoms with Gasteiger partial charge < -0.3 is 10.1 Å². The minimum absolute atomic E-state index is 0.00602. The van der Waals surface area contributed by atoms with E-state index >= 15 is 0 Å². The van der Waals surface area contributed by atoms with Crippen molar-refractivity contribution in [1.82, 2.24) is 14.8 Å². The Kier molecular flexibility index (Phi) is 4.75. The maximum Gasteiger partial charge on any atom is 0.387 e. The van der Waals surface area contributed by atoms with Crippen LogP contribution in [-0.2, 0) is 11.3 Å². The molecule has 0 aliphatic rings. The van der Waals surface area contributed by atoms with Crippen LogP contribution in [0.1, 0.15) is 5.69 Å². The third-order valence-corrected chi connectivity index (χ3v) is 4.33. The maximum atomic E-state index is 12.2. The van der Waals surface area contributed by atoms with E-state index in [4.69, 9.17) is 0 Å². The first-order valence-electron chi connectivity index (χ1n) is 7.15. The summed E-state index contributed by atoms with van der Waals surface area (Å²) in [5.41, 5.74) is 0.588. The van der Waals surface area contributed by atoms with Gasteiger partial charge in [-0.15, -0.1) is 0 Å². The Hall–Kier alpha value is -3.15. The van der Waals surface area contributed by atoms with Crippen molar-refractivity contribution in [2.75, 3.05) is 5.32 Å². The molecular formula is C14H11F2N5O4S. The molecule has 12 heteroatoms. The van der Waals surface area contributed by atoms with Crippen LogP contribution < -0.4 is 10.1 Å². The zero-order chi connectivity index (χ0) is 18.8. The number of hydrogen-bond acceptors (Lipinski definition) is 7. The number of anilines is 1. The molecule has 3 rings (SSSR count). The molecule has 1 amide bonds. The Morgan fingerprint density at radius 3 is 2.92 bits per heavy atom. The van der Waals surface area contributed by atoms with Gasteiger partial charge in [-0.2, -0.15) is 13.9 Å². The highest BCUT2D eigenvalue weighted by Gasteiger charge is 2.18. The van der Waals surface area contributed by atoms with Gasteiger partial charge in [0.15, 0.2) is 5.13 Å². The second-order valence-electron chi connectivity index (χ2n) is 5.11. The highest BCUT2D eigenvalue weighted by molar-refractivity contribution is 7.22. The molecule has 1 aromatic carbocycles. The van der Waals surface area contributed by atoms with Gasteiger partial charge in [-0.25, -0.2) is 4.98 Å². The molecule has 2 aromatic heterocycles. The van der Waals surface area contributed by atoms with Crippen molar-refractivity contribution in [1.29, 1.82) is 0 Å². The molecule has 0 saturated carbocycles. The number of rotatable bonds is 6. The van der Waals surface area contributed by atoms with Crippen molar-refractivity contribution in [3.05, 3.63) is 40.2 Å². The number of carbonyl (C=O) groups is 1. The number of fused-ring (bicyclic) bond motifs is 1. The lowest BCUT2D eigenvalue weighted by atomic mass is 10.3. The van der Waals surface area contributed by atoms with Gasteiger partial charge in [-0.3, -0.25) is 19.6 Å².